The average molecular weight is 379 g/mol. The molecular weight excluding hydrogens is 356 g/mol. The monoisotopic (exact) mass is 378 g/mol. The van der Waals surface area contributed by atoms with Gasteiger partial charge in [0.15, 0.2) is 5.13 Å². The third-order valence-corrected chi connectivity index (χ3v) is 5.31. The fourth-order valence-electron chi connectivity index (χ4n) is 3.03. The summed E-state index contributed by atoms with van der Waals surface area (Å²) in [6, 6.07) is 15.7. The molecule has 0 spiro atoms. The molecule has 0 unspecified atom stereocenters. The Morgan fingerprint density at radius 3 is 2.67 bits per heavy atom. The molecule has 1 aromatic heterocycles. The Balaban J connectivity index is 1.38. The molecule has 1 fully saturated rings. The summed E-state index contributed by atoms with van der Waals surface area (Å²) < 4.78 is 0. The van der Waals surface area contributed by atoms with Crippen LogP contribution in [0.25, 0.3) is 12.2 Å². The van der Waals surface area contributed by atoms with Gasteiger partial charge in [-0.1, -0.05) is 29.5 Å². The Morgan fingerprint density at radius 2 is 1.89 bits per heavy atom. The third kappa shape index (κ3) is 4.67. The predicted octanol–water partition coefficient (Wildman–Crippen LogP) is 4.17. The highest BCUT2D eigenvalue weighted by Crippen LogP contribution is 2.26. The summed E-state index contributed by atoms with van der Waals surface area (Å²) in [7, 11) is 0. The van der Waals surface area contributed by atoms with Crippen LogP contribution in [0.5, 0.6) is 5.75 Å². The summed E-state index contributed by atoms with van der Waals surface area (Å²) in [5.74, 6) is 0.271. The molecule has 0 saturated carbocycles. The summed E-state index contributed by atoms with van der Waals surface area (Å²) in [5.41, 5.74) is 3.25. The van der Waals surface area contributed by atoms with Crippen LogP contribution in [0.15, 0.2) is 54.7 Å². The molecule has 0 amide bonds. The van der Waals surface area contributed by atoms with Gasteiger partial charge in [0, 0.05) is 48.6 Å². The molecule has 3 aromatic rings. The molecule has 5 nitrogen and oxygen atoms in total. The first-order valence-corrected chi connectivity index (χ1v) is 9.84. The summed E-state index contributed by atoms with van der Waals surface area (Å²) >= 11 is 1.59. The quantitative estimate of drug-likeness (QED) is 0.622. The average Bonchev–Trinajstić information content (AvgIpc) is 3.15. The number of thiazole rings is 1. The molecule has 1 aliphatic rings. The van der Waals surface area contributed by atoms with Crippen molar-refractivity contribution in [2.24, 2.45) is 0 Å². The van der Waals surface area contributed by atoms with Gasteiger partial charge in [0.05, 0.1) is 0 Å². The van der Waals surface area contributed by atoms with E-state index in [2.05, 4.69) is 44.8 Å². The first kappa shape index (κ1) is 17.6. The van der Waals surface area contributed by atoms with E-state index in [0.717, 1.165) is 47.4 Å². The highest BCUT2D eigenvalue weighted by Gasteiger charge is 2.10. The summed E-state index contributed by atoms with van der Waals surface area (Å²) in [6.07, 6.45) is 5.83. The van der Waals surface area contributed by atoms with Crippen LogP contribution in [0.3, 0.4) is 0 Å². The number of nitrogens with one attached hydrogen (secondary N) is 2. The van der Waals surface area contributed by atoms with Crippen molar-refractivity contribution in [3.63, 3.8) is 0 Å². The topological polar surface area (TPSA) is 60.4 Å². The van der Waals surface area contributed by atoms with Gasteiger partial charge in [0.2, 0.25) is 0 Å². The molecule has 3 N–H and O–H groups in total. The molecule has 0 atom stereocenters. The van der Waals surface area contributed by atoms with Crippen molar-refractivity contribution in [1.82, 2.24) is 10.3 Å². The maximum Gasteiger partial charge on any atom is 0.187 e. The van der Waals surface area contributed by atoms with Gasteiger partial charge in [0.1, 0.15) is 5.75 Å². The smallest absolute Gasteiger partial charge is 0.187 e. The van der Waals surface area contributed by atoms with Crippen LogP contribution in [0.2, 0.25) is 0 Å². The first-order chi connectivity index (χ1) is 13.3. The summed E-state index contributed by atoms with van der Waals surface area (Å²) in [6.45, 7) is 4.18. The molecule has 4 rings (SSSR count). The van der Waals surface area contributed by atoms with Crippen LogP contribution < -0.4 is 15.5 Å². The lowest BCUT2D eigenvalue weighted by molar-refractivity contribution is 0.475. The molecule has 6 heteroatoms. The van der Waals surface area contributed by atoms with Crippen molar-refractivity contribution in [3.05, 3.63) is 65.2 Å². The van der Waals surface area contributed by atoms with E-state index in [1.807, 2.05) is 30.5 Å². The van der Waals surface area contributed by atoms with Crippen molar-refractivity contribution >= 4 is 40.0 Å². The lowest BCUT2D eigenvalue weighted by Gasteiger charge is -2.29. The second-order valence-corrected chi connectivity index (χ2v) is 7.47. The van der Waals surface area contributed by atoms with E-state index in [0.29, 0.717) is 0 Å². The molecular formula is C21H22N4OS. The zero-order valence-electron chi connectivity index (χ0n) is 14.9. The van der Waals surface area contributed by atoms with Crippen LogP contribution in [-0.2, 0) is 0 Å². The fraction of sp³-hybridized carbons (Fsp3) is 0.190. The molecule has 1 aliphatic heterocycles. The van der Waals surface area contributed by atoms with Crippen molar-refractivity contribution in [2.75, 3.05) is 36.4 Å². The molecule has 2 heterocycles. The third-order valence-electron chi connectivity index (χ3n) is 4.43. The van der Waals surface area contributed by atoms with E-state index < -0.39 is 0 Å². The van der Waals surface area contributed by atoms with E-state index >= 15 is 0 Å². The molecule has 1 saturated heterocycles. The number of phenols is 1. The first-order valence-electron chi connectivity index (χ1n) is 9.02. The fourth-order valence-corrected chi connectivity index (χ4v) is 3.77. The minimum atomic E-state index is 0.271. The molecule has 138 valence electrons. The molecule has 27 heavy (non-hydrogen) atoms. The van der Waals surface area contributed by atoms with Crippen molar-refractivity contribution in [3.8, 4) is 5.75 Å². The van der Waals surface area contributed by atoms with Gasteiger partial charge in [-0.25, -0.2) is 4.98 Å². The van der Waals surface area contributed by atoms with Crippen molar-refractivity contribution in [2.45, 2.75) is 0 Å². The van der Waals surface area contributed by atoms with E-state index in [4.69, 9.17) is 0 Å². The molecule has 0 bridgehead atoms. The number of aromatic hydroxyl groups is 1. The number of anilines is 3. The van der Waals surface area contributed by atoms with Crippen LogP contribution in [0.1, 0.15) is 10.4 Å². The Morgan fingerprint density at radius 1 is 1.07 bits per heavy atom. The van der Waals surface area contributed by atoms with E-state index in [9.17, 15) is 5.11 Å². The Labute approximate surface area is 163 Å². The van der Waals surface area contributed by atoms with Gasteiger partial charge in [-0.05, 0) is 48.0 Å². The van der Waals surface area contributed by atoms with Crippen LogP contribution in [0, 0.1) is 0 Å². The number of nitrogens with zero attached hydrogens (tertiary/aromatic N) is 2. The predicted molar refractivity (Wildman–Crippen MR) is 114 cm³/mol. The molecule has 0 radical (unpaired) electrons. The van der Waals surface area contributed by atoms with Crippen LogP contribution in [-0.4, -0.2) is 36.3 Å². The second kappa shape index (κ2) is 8.24. The summed E-state index contributed by atoms with van der Waals surface area (Å²) in [5, 5.41) is 17.1. The molecule has 2 aromatic carbocycles. The van der Waals surface area contributed by atoms with Crippen molar-refractivity contribution < 1.29 is 5.11 Å². The second-order valence-electron chi connectivity index (χ2n) is 6.41. The Hall–Kier alpha value is -2.83. The Bertz CT molecular complexity index is 914. The number of aromatic nitrogens is 1. The molecule has 0 aliphatic carbocycles. The van der Waals surface area contributed by atoms with E-state index in [-0.39, 0.29) is 5.75 Å². The number of hydrogen-bond acceptors (Lipinski definition) is 6. The van der Waals surface area contributed by atoms with E-state index in [1.165, 1.54) is 5.69 Å². The SMILES string of the molecule is Oc1cccc(/C=C/c2cnc(Nc3ccc(N4CCNCC4)cc3)s2)c1. The van der Waals surface area contributed by atoms with Crippen LogP contribution in [0.4, 0.5) is 16.5 Å². The zero-order chi connectivity index (χ0) is 18.5. The normalized spacial score (nSPS) is 14.6. The minimum Gasteiger partial charge on any atom is -0.508 e. The van der Waals surface area contributed by atoms with E-state index in [1.54, 1.807) is 23.5 Å². The van der Waals surface area contributed by atoms with Gasteiger partial charge in [-0.3, -0.25) is 0 Å². The van der Waals surface area contributed by atoms with Gasteiger partial charge in [-0.15, -0.1) is 0 Å². The zero-order valence-corrected chi connectivity index (χ0v) is 15.7. The van der Waals surface area contributed by atoms with Gasteiger partial charge < -0.3 is 20.6 Å². The standard InChI is InChI=1S/C21H22N4OS/c26-19-3-1-2-16(14-19)4-9-20-15-23-21(27-20)24-17-5-7-18(8-6-17)25-12-10-22-11-13-25/h1-9,14-15,22,26H,10-13H2,(H,23,24)/b9-4+. The number of hydrogen-bond donors (Lipinski definition) is 3. The largest absolute Gasteiger partial charge is 0.508 e. The highest BCUT2D eigenvalue weighted by molar-refractivity contribution is 7.16. The van der Waals surface area contributed by atoms with Crippen LogP contribution >= 0.6 is 11.3 Å². The van der Waals surface area contributed by atoms with Crippen molar-refractivity contribution in [1.29, 1.82) is 0 Å². The number of phenolic OH excluding ortho intramolecular Hbond substituents is 1. The number of rotatable bonds is 5. The van der Waals surface area contributed by atoms with Gasteiger partial charge in [-0.2, -0.15) is 0 Å². The maximum atomic E-state index is 9.52. The number of piperazine rings is 1. The minimum absolute atomic E-state index is 0.271. The van der Waals surface area contributed by atoms with Gasteiger partial charge >= 0.3 is 0 Å². The highest BCUT2D eigenvalue weighted by atomic mass is 32.1. The number of benzene rings is 2. The lowest BCUT2D eigenvalue weighted by atomic mass is 10.2. The van der Waals surface area contributed by atoms with Gasteiger partial charge in [0.25, 0.3) is 0 Å². The maximum absolute atomic E-state index is 9.52. The Kier molecular flexibility index (Phi) is 5.37. The lowest BCUT2D eigenvalue weighted by Crippen LogP contribution is -2.43. The summed E-state index contributed by atoms with van der Waals surface area (Å²) in [4.78, 5) is 7.89.